The maximum Gasteiger partial charge on any atom is 0.162 e. The third kappa shape index (κ3) is 2.81. The molecule has 2 aromatic rings. The fourth-order valence-corrected chi connectivity index (χ4v) is 3.10. The van der Waals surface area contributed by atoms with Gasteiger partial charge in [0.25, 0.3) is 0 Å². The molecule has 1 aliphatic rings. The van der Waals surface area contributed by atoms with E-state index in [0.29, 0.717) is 12.1 Å². The van der Waals surface area contributed by atoms with E-state index in [0.717, 1.165) is 24.6 Å². The van der Waals surface area contributed by atoms with Gasteiger partial charge in [0.2, 0.25) is 0 Å². The monoisotopic (exact) mass is 291 g/mol. The van der Waals surface area contributed by atoms with E-state index >= 15 is 0 Å². The molecule has 0 spiro atoms. The van der Waals surface area contributed by atoms with E-state index in [1.165, 1.54) is 18.2 Å². The fraction of sp³-hybridized carbons (Fsp3) is 0.294. The van der Waals surface area contributed by atoms with E-state index in [9.17, 15) is 13.2 Å². The van der Waals surface area contributed by atoms with Crippen LogP contribution in [0.1, 0.15) is 29.4 Å². The Labute approximate surface area is 121 Å². The molecule has 0 aliphatic carbocycles. The van der Waals surface area contributed by atoms with Gasteiger partial charge in [-0.05, 0) is 48.2 Å². The number of hydrogen-bond acceptors (Lipinski definition) is 1. The molecule has 1 heterocycles. The highest BCUT2D eigenvalue weighted by molar-refractivity contribution is 5.31. The first-order valence-electron chi connectivity index (χ1n) is 7.07. The van der Waals surface area contributed by atoms with Gasteiger partial charge in [0.1, 0.15) is 5.82 Å². The first-order valence-corrected chi connectivity index (χ1v) is 7.07. The summed E-state index contributed by atoms with van der Waals surface area (Å²) in [4.78, 5) is 0. The maximum atomic E-state index is 14.1. The number of rotatable bonds is 2. The highest BCUT2D eigenvalue weighted by atomic mass is 19.2. The molecule has 1 aliphatic heterocycles. The van der Waals surface area contributed by atoms with E-state index < -0.39 is 11.6 Å². The van der Waals surface area contributed by atoms with Crippen molar-refractivity contribution in [3.63, 3.8) is 0 Å². The molecule has 0 amide bonds. The molecule has 0 bridgehead atoms. The van der Waals surface area contributed by atoms with Crippen molar-refractivity contribution in [2.24, 2.45) is 0 Å². The summed E-state index contributed by atoms with van der Waals surface area (Å²) < 4.78 is 40.6. The Bertz CT molecular complexity index is 624. The molecule has 2 unspecified atom stereocenters. The van der Waals surface area contributed by atoms with Crippen LogP contribution in [0.2, 0.25) is 0 Å². The third-order valence-corrected chi connectivity index (χ3v) is 4.16. The average Bonchev–Trinajstić information content (AvgIpc) is 2.51. The normalized spacial score (nSPS) is 22.2. The highest BCUT2D eigenvalue weighted by Crippen LogP contribution is 2.38. The zero-order chi connectivity index (χ0) is 14.8. The van der Waals surface area contributed by atoms with Gasteiger partial charge in [-0.2, -0.15) is 0 Å². The zero-order valence-electron chi connectivity index (χ0n) is 11.5. The number of halogens is 3. The van der Waals surface area contributed by atoms with Gasteiger partial charge in [-0.25, -0.2) is 13.2 Å². The molecule has 1 fully saturated rings. The topological polar surface area (TPSA) is 12.0 Å². The van der Waals surface area contributed by atoms with Crippen LogP contribution in [0.3, 0.4) is 0 Å². The Morgan fingerprint density at radius 2 is 1.67 bits per heavy atom. The lowest BCUT2D eigenvalue weighted by Gasteiger charge is -2.33. The number of benzene rings is 2. The van der Waals surface area contributed by atoms with Crippen LogP contribution >= 0.6 is 0 Å². The summed E-state index contributed by atoms with van der Waals surface area (Å²) in [6, 6.07) is 10.6. The van der Waals surface area contributed by atoms with Gasteiger partial charge >= 0.3 is 0 Å². The Morgan fingerprint density at radius 3 is 2.43 bits per heavy atom. The summed E-state index contributed by atoms with van der Waals surface area (Å²) in [7, 11) is 0. The summed E-state index contributed by atoms with van der Waals surface area (Å²) in [5.74, 6) is -1.97. The van der Waals surface area contributed by atoms with Crippen molar-refractivity contribution in [3.05, 3.63) is 71.0 Å². The van der Waals surface area contributed by atoms with E-state index in [1.807, 2.05) is 0 Å². The third-order valence-electron chi connectivity index (χ3n) is 4.16. The lowest BCUT2D eigenvalue weighted by Crippen LogP contribution is -2.34. The largest absolute Gasteiger partial charge is 0.316 e. The van der Waals surface area contributed by atoms with Gasteiger partial charge in [0.05, 0.1) is 0 Å². The molecule has 0 aromatic heterocycles. The van der Waals surface area contributed by atoms with Crippen LogP contribution in [0.15, 0.2) is 42.5 Å². The molecular weight excluding hydrogens is 275 g/mol. The molecule has 1 N–H and O–H groups in total. The van der Waals surface area contributed by atoms with Crippen molar-refractivity contribution in [2.75, 3.05) is 13.1 Å². The van der Waals surface area contributed by atoms with E-state index in [2.05, 4.69) is 5.32 Å². The summed E-state index contributed by atoms with van der Waals surface area (Å²) in [5.41, 5.74) is 1.35. The van der Waals surface area contributed by atoms with Crippen molar-refractivity contribution in [1.82, 2.24) is 5.32 Å². The lowest BCUT2D eigenvalue weighted by atomic mass is 9.77. The summed E-state index contributed by atoms with van der Waals surface area (Å²) in [6.45, 7) is 1.44. The fourth-order valence-electron chi connectivity index (χ4n) is 3.10. The first-order chi connectivity index (χ1) is 10.2. The summed E-state index contributed by atoms with van der Waals surface area (Å²) in [6.07, 6.45) is 0.725. The van der Waals surface area contributed by atoms with E-state index in [4.69, 9.17) is 0 Å². The predicted molar refractivity (Wildman–Crippen MR) is 75.7 cm³/mol. The first kappa shape index (κ1) is 14.1. The molecule has 110 valence electrons. The number of piperidine rings is 1. The Morgan fingerprint density at radius 1 is 0.905 bits per heavy atom. The molecule has 2 atom stereocenters. The molecule has 0 saturated carbocycles. The van der Waals surface area contributed by atoms with Crippen molar-refractivity contribution in [3.8, 4) is 0 Å². The van der Waals surface area contributed by atoms with Gasteiger partial charge in [-0.1, -0.05) is 24.3 Å². The van der Waals surface area contributed by atoms with Crippen molar-refractivity contribution in [2.45, 2.75) is 18.3 Å². The second kappa shape index (κ2) is 5.90. The quantitative estimate of drug-likeness (QED) is 0.883. The van der Waals surface area contributed by atoms with Crippen LogP contribution in [-0.4, -0.2) is 13.1 Å². The number of hydrogen-bond donors (Lipinski definition) is 1. The highest BCUT2D eigenvalue weighted by Gasteiger charge is 2.30. The predicted octanol–water partition coefficient (Wildman–Crippen LogP) is 3.96. The van der Waals surface area contributed by atoms with Gasteiger partial charge in [-0.15, -0.1) is 0 Å². The minimum absolute atomic E-state index is 0.00986. The standard InChI is InChI=1S/C17H16F3N/c18-12-6-4-11(5-7-12)15-10-21-9-8-13(15)14-2-1-3-16(19)17(14)20/h1-7,13,15,21H,8-10H2. The van der Waals surface area contributed by atoms with Crippen LogP contribution in [-0.2, 0) is 0 Å². The van der Waals surface area contributed by atoms with Crippen LogP contribution < -0.4 is 5.32 Å². The Kier molecular flexibility index (Phi) is 3.97. The molecule has 3 rings (SSSR count). The lowest BCUT2D eigenvalue weighted by molar-refractivity contribution is 0.385. The summed E-state index contributed by atoms with van der Waals surface area (Å²) in [5, 5.41) is 3.27. The second-order valence-corrected chi connectivity index (χ2v) is 5.40. The SMILES string of the molecule is Fc1ccc(C2CNCCC2c2cccc(F)c2F)cc1. The van der Waals surface area contributed by atoms with Gasteiger partial charge < -0.3 is 5.32 Å². The molecule has 1 saturated heterocycles. The van der Waals surface area contributed by atoms with Crippen LogP contribution in [0, 0.1) is 17.5 Å². The zero-order valence-corrected chi connectivity index (χ0v) is 11.5. The summed E-state index contributed by atoms with van der Waals surface area (Å²) >= 11 is 0. The van der Waals surface area contributed by atoms with E-state index in [-0.39, 0.29) is 17.7 Å². The van der Waals surface area contributed by atoms with E-state index in [1.54, 1.807) is 18.2 Å². The molecule has 2 aromatic carbocycles. The Hall–Kier alpha value is -1.81. The van der Waals surface area contributed by atoms with Crippen LogP contribution in [0.5, 0.6) is 0 Å². The van der Waals surface area contributed by atoms with Crippen LogP contribution in [0.25, 0.3) is 0 Å². The van der Waals surface area contributed by atoms with Gasteiger partial charge in [0, 0.05) is 12.5 Å². The Balaban J connectivity index is 1.98. The second-order valence-electron chi connectivity index (χ2n) is 5.40. The van der Waals surface area contributed by atoms with Gasteiger partial charge in [-0.3, -0.25) is 0 Å². The van der Waals surface area contributed by atoms with Crippen molar-refractivity contribution >= 4 is 0 Å². The molecule has 21 heavy (non-hydrogen) atoms. The minimum Gasteiger partial charge on any atom is -0.316 e. The molecule has 1 nitrogen and oxygen atoms in total. The average molecular weight is 291 g/mol. The molecule has 4 heteroatoms. The maximum absolute atomic E-state index is 14.1. The minimum atomic E-state index is -0.816. The smallest absolute Gasteiger partial charge is 0.162 e. The molecular formula is C17H16F3N. The van der Waals surface area contributed by atoms with Gasteiger partial charge in [0.15, 0.2) is 11.6 Å². The van der Waals surface area contributed by atoms with Crippen LogP contribution in [0.4, 0.5) is 13.2 Å². The van der Waals surface area contributed by atoms with Crippen molar-refractivity contribution in [1.29, 1.82) is 0 Å². The molecule has 0 radical (unpaired) electrons. The number of nitrogens with one attached hydrogen (secondary N) is 1. The van der Waals surface area contributed by atoms with Crippen molar-refractivity contribution < 1.29 is 13.2 Å².